The lowest BCUT2D eigenvalue weighted by molar-refractivity contribution is 0.536. The summed E-state index contributed by atoms with van der Waals surface area (Å²) in [7, 11) is -2.88. The summed E-state index contributed by atoms with van der Waals surface area (Å²) >= 11 is 0. The molecular formula is C11H14N2O2S. The van der Waals surface area contributed by atoms with Gasteiger partial charge in [0.25, 0.3) is 0 Å². The Bertz CT molecular complexity index is 496. The summed E-state index contributed by atoms with van der Waals surface area (Å²) in [4.78, 5) is 8.30. The lowest BCUT2D eigenvalue weighted by atomic mass is 10.0. The molecule has 86 valence electrons. The predicted molar refractivity (Wildman–Crippen MR) is 63.5 cm³/mol. The topological polar surface area (TPSA) is 59.4 Å². The van der Waals surface area contributed by atoms with Crippen molar-refractivity contribution in [2.75, 3.05) is 11.5 Å². The van der Waals surface area contributed by atoms with Crippen molar-refractivity contribution in [1.29, 1.82) is 0 Å². The predicted octanol–water partition coefficient (Wildman–Crippen LogP) is 1.08. The van der Waals surface area contributed by atoms with Gasteiger partial charge < -0.3 is 0 Å². The van der Waals surface area contributed by atoms with Crippen molar-refractivity contribution in [3.63, 3.8) is 0 Å². The van der Waals surface area contributed by atoms with Gasteiger partial charge in [0, 0.05) is 18.6 Å². The first-order valence-electron chi connectivity index (χ1n) is 5.15. The monoisotopic (exact) mass is 238 g/mol. The molecule has 1 fully saturated rings. The van der Waals surface area contributed by atoms with Crippen LogP contribution < -0.4 is 0 Å². The Labute approximate surface area is 95.4 Å². The highest BCUT2D eigenvalue weighted by atomic mass is 32.2. The van der Waals surface area contributed by atoms with Crippen LogP contribution in [-0.4, -0.2) is 36.7 Å². The molecule has 2 rings (SSSR count). The van der Waals surface area contributed by atoms with Crippen molar-refractivity contribution in [2.45, 2.75) is 18.9 Å². The summed E-state index contributed by atoms with van der Waals surface area (Å²) < 4.78 is 22.7. The zero-order chi connectivity index (χ0) is 11.6. The second kappa shape index (κ2) is 3.97. The van der Waals surface area contributed by atoms with Crippen molar-refractivity contribution >= 4 is 16.1 Å². The zero-order valence-electron chi connectivity index (χ0n) is 9.13. The minimum atomic E-state index is -2.88. The molecule has 1 unspecified atom stereocenters. The van der Waals surface area contributed by atoms with Crippen molar-refractivity contribution < 1.29 is 8.42 Å². The van der Waals surface area contributed by atoms with Crippen LogP contribution in [0, 0.1) is 0 Å². The summed E-state index contributed by atoms with van der Waals surface area (Å²) in [6, 6.07) is 3.69. The average molecular weight is 238 g/mol. The first-order chi connectivity index (χ1) is 7.49. The number of hydrogen-bond acceptors (Lipinski definition) is 4. The van der Waals surface area contributed by atoms with Crippen LogP contribution in [0.2, 0.25) is 0 Å². The van der Waals surface area contributed by atoms with Crippen molar-refractivity contribution in [1.82, 2.24) is 4.98 Å². The van der Waals surface area contributed by atoms with Gasteiger partial charge in [-0.15, -0.1) is 0 Å². The van der Waals surface area contributed by atoms with Crippen LogP contribution in [0.15, 0.2) is 29.5 Å². The molecule has 0 amide bonds. The van der Waals surface area contributed by atoms with E-state index in [1.807, 2.05) is 19.1 Å². The lowest BCUT2D eigenvalue weighted by Gasteiger charge is -2.15. The van der Waals surface area contributed by atoms with Crippen molar-refractivity contribution in [3.8, 4) is 0 Å². The van der Waals surface area contributed by atoms with Crippen LogP contribution in [-0.2, 0) is 9.84 Å². The SMILES string of the molecule is CC1(N=Cc2ccncc2)CCS(=O)(=O)C1. The molecular weight excluding hydrogens is 224 g/mol. The smallest absolute Gasteiger partial charge is 0.152 e. The van der Waals surface area contributed by atoms with Gasteiger partial charge in [0.05, 0.1) is 17.0 Å². The molecule has 16 heavy (non-hydrogen) atoms. The van der Waals surface area contributed by atoms with E-state index in [2.05, 4.69) is 9.98 Å². The molecule has 1 saturated heterocycles. The van der Waals surface area contributed by atoms with E-state index in [4.69, 9.17) is 0 Å². The molecule has 1 aromatic heterocycles. The Morgan fingerprint density at radius 1 is 1.44 bits per heavy atom. The number of hydrogen-bond donors (Lipinski definition) is 0. The van der Waals surface area contributed by atoms with E-state index in [9.17, 15) is 8.42 Å². The molecule has 1 aliphatic heterocycles. The average Bonchev–Trinajstić information content (AvgIpc) is 2.53. The number of aromatic nitrogens is 1. The summed E-state index contributed by atoms with van der Waals surface area (Å²) in [5, 5.41) is 0. The molecule has 1 atom stereocenters. The molecule has 0 saturated carbocycles. The molecule has 0 aliphatic carbocycles. The maximum Gasteiger partial charge on any atom is 0.152 e. The molecule has 0 bridgehead atoms. The molecule has 0 spiro atoms. The fourth-order valence-electron chi connectivity index (χ4n) is 1.78. The van der Waals surface area contributed by atoms with Gasteiger partial charge in [0.1, 0.15) is 0 Å². The van der Waals surface area contributed by atoms with Crippen LogP contribution in [0.25, 0.3) is 0 Å². The normalized spacial score (nSPS) is 28.6. The van der Waals surface area contributed by atoms with Crippen molar-refractivity contribution in [3.05, 3.63) is 30.1 Å². The van der Waals surface area contributed by atoms with E-state index < -0.39 is 15.4 Å². The Morgan fingerprint density at radius 3 is 2.69 bits per heavy atom. The van der Waals surface area contributed by atoms with Gasteiger partial charge in [-0.25, -0.2) is 8.42 Å². The Hall–Kier alpha value is -1.23. The quantitative estimate of drug-likeness (QED) is 0.724. The second-order valence-corrected chi connectivity index (χ2v) is 6.56. The van der Waals surface area contributed by atoms with Crippen LogP contribution >= 0.6 is 0 Å². The molecule has 0 N–H and O–H groups in total. The van der Waals surface area contributed by atoms with E-state index in [0.29, 0.717) is 6.42 Å². The molecule has 2 heterocycles. The largest absolute Gasteiger partial charge is 0.285 e. The maximum absolute atomic E-state index is 11.4. The number of nitrogens with zero attached hydrogens (tertiary/aromatic N) is 2. The molecule has 5 heteroatoms. The summed E-state index contributed by atoms with van der Waals surface area (Å²) in [6.45, 7) is 1.88. The number of rotatable bonds is 2. The lowest BCUT2D eigenvalue weighted by Crippen LogP contribution is -2.23. The zero-order valence-corrected chi connectivity index (χ0v) is 9.94. The summed E-state index contributed by atoms with van der Waals surface area (Å²) in [5.41, 5.74) is 0.489. The second-order valence-electron chi connectivity index (χ2n) is 4.38. The van der Waals surface area contributed by atoms with Gasteiger partial charge in [-0.05, 0) is 31.0 Å². The van der Waals surface area contributed by atoms with Crippen LogP contribution in [0.5, 0.6) is 0 Å². The number of pyridine rings is 1. The van der Waals surface area contributed by atoms with Gasteiger partial charge in [-0.1, -0.05) is 0 Å². The van der Waals surface area contributed by atoms with E-state index in [1.165, 1.54) is 0 Å². The summed E-state index contributed by atoms with van der Waals surface area (Å²) in [5.74, 6) is 0.402. The van der Waals surface area contributed by atoms with Crippen LogP contribution in [0.1, 0.15) is 18.9 Å². The standard InChI is InChI=1S/C11H14N2O2S/c1-11(4-7-16(14,15)9-11)13-8-10-2-5-12-6-3-10/h2-3,5-6,8H,4,7,9H2,1H3. The van der Waals surface area contributed by atoms with Crippen LogP contribution in [0.4, 0.5) is 0 Å². The highest BCUT2D eigenvalue weighted by Gasteiger charge is 2.37. The fourth-order valence-corrected chi connectivity index (χ4v) is 3.84. The highest BCUT2D eigenvalue weighted by molar-refractivity contribution is 7.91. The van der Waals surface area contributed by atoms with Gasteiger partial charge in [0.15, 0.2) is 9.84 Å². The minimum Gasteiger partial charge on any atom is -0.285 e. The molecule has 1 aliphatic rings. The highest BCUT2D eigenvalue weighted by Crippen LogP contribution is 2.26. The van der Waals surface area contributed by atoms with E-state index >= 15 is 0 Å². The van der Waals surface area contributed by atoms with Crippen molar-refractivity contribution in [2.24, 2.45) is 4.99 Å². The minimum absolute atomic E-state index is 0.154. The van der Waals surface area contributed by atoms with E-state index in [0.717, 1.165) is 5.56 Å². The fraction of sp³-hybridized carbons (Fsp3) is 0.455. The van der Waals surface area contributed by atoms with Crippen LogP contribution in [0.3, 0.4) is 0 Å². The molecule has 0 aromatic carbocycles. The third-order valence-corrected chi connectivity index (χ3v) is 4.60. The first kappa shape index (κ1) is 11.3. The third-order valence-electron chi connectivity index (χ3n) is 2.71. The maximum atomic E-state index is 11.4. The molecule has 1 aromatic rings. The Balaban J connectivity index is 2.14. The molecule has 4 nitrogen and oxygen atoms in total. The van der Waals surface area contributed by atoms with E-state index in [-0.39, 0.29) is 11.5 Å². The van der Waals surface area contributed by atoms with Gasteiger partial charge in [-0.3, -0.25) is 9.98 Å². The summed E-state index contributed by atoms with van der Waals surface area (Å²) in [6.07, 6.45) is 5.71. The third kappa shape index (κ3) is 2.66. The van der Waals surface area contributed by atoms with E-state index in [1.54, 1.807) is 18.6 Å². The van der Waals surface area contributed by atoms with Gasteiger partial charge >= 0.3 is 0 Å². The van der Waals surface area contributed by atoms with Gasteiger partial charge in [0.2, 0.25) is 0 Å². The first-order valence-corrected chi connectivity index (χ1v) is 6.97. The molecule has 0 radical (unpaired) electrons. The Kier molecular flexibility index (Phi) is 2.80. The van der Waals surface area contributed by atoms with Gasteiger partial charge in [-0.2, -0.15) is 0 Å². The number of sulfone groups is 1. The number of aliphatic imine (C=N–C) groups is 1. The Morgan fingerprint density at radius 2 is 2.12 bits per heavy atom.